The van der Waals surface area contributed by atoms with Crippen LogP contribution in [0.15, 0.2) is 24.3 Å². The first-order valence-electron chi connectivity index (χ1n) is 9.87. The number of benzene rings is 1. The molecule has 3 rings (SSSR count). The molecule has 0 bridgehead atoms. The van der Waals surface area contributed by atoms with Crippen molar-refractivity contribution in [3.05, 3.63) is 29.8 Å². The highest BCUT2D eigenvalue weighted by atomic mass is 16.6. The lowest BCUT2D eigenvalue weighted by atomic mass is 9.64. The van der Waals surface area contributed by atoms with E-state index < -0.39 is 22.8 Å². The number of aliphatic hydroxyl groups is 1. The fraction of sp³-hybridized carbons (Fsp3) is 0.667. The molecule has 2 fully saturated rings. The van der Waals surface area contributed by atoms with Crippen molar-refractivity contribution in [1.82, 2.24) is 5.32 Å². The molecular formula is C21H32BNO5. The topological polar surface area (TPSA) is 77.0 Å². The molecule has 1 aromatic rings. The van der Waals surface area contributed by atoms with Crippen LogP contribution in [0.2, 0.25) is 0 Å². The van der Waals surface area contributed by atoms with Crippen LogP contribution in [0.3, 0.4) is 0 Å². The van der Waals surface area contributed by atoms with Crippen LogP contribution in [0.4, 0.5) is 4.79 Å². The highest BCUT2D eigenvalue weighted by molar-refractivity contribution is 6.61. The van der Waals surface area contributed by atoms with Crippen molar-refractivity contribution in [2.45, 2.75) is 71.1 Å². The van der Waals surface area contributed by atoms with Crippen molar-refractivity contribution in [3.8, 4) is 0 Å². The summed E-state index contributed by atoms with van der Waals surface area (Å²) >= 11 is 0. The number of hydrogen-bond donors (Lipinski definition) is 2. The van der Waals surface area contributed by atoms with E-state index >= 15 is 0 Å². The third kappa shape index (κ3) is 4.88. The number of amides is 1. The summed E-state index contributed by atoms with van der Waals surface area (Å²) in [4.78, 5) is 12.4. The first-order valence-corrected chi connectivity index (χ1v) is 9.87. The maximum Gasteiger partial charge on any atom is 0.493 e. The van der Waals surface area contributed by atoms with Gasteiger partial charge in [0, 0.05) is 37.0 Å². The molecule has 0 unspecified atom stereocenters. The fourth-order valence-corrected chi connectivity index (χ4v) is 3.85. The monoisotopic (exact) mass is 389 g/mol. The molecule has 1 amide bonds. The Morgan fingerprint density at radius 1 is 1.11 bits per heavy atom. The Morgan fingerprint density at radius 2 is 1.64 bits per heavy atom. The SMILES string of the molecule is CC1(C)COB(c2ccc(C3(OC(=O)NC(C)(C)C)CC(C)(O)C3)cc2)OC1. The number of alkyl carbamates (subject to hydrolysis) is 1. The van der Waals surface area contributed by atoms with E-state index in [1.54, 1.807) is 6.92 Å². The number of carbonyl (C=O) groups is 1. The molecule has 28 heavy (non-hydrogen) atoms. The molecule has 6 nitrogen and oxygen atoms in total. The van der Waals surface area contributed by atoms with E-state index in [1.165, 1.54) is 0 Å². The van der Waals surface area contributed by atoms with Crippen molar-refractivity contribution < 1.29 is 23.9 Å². The predicted octanol–water partition coefficient (Wildman–Crippen LogP) is 2.72. The molecule has 0 spiro atoms. The van der Waals surface area contributed by atoms with Crippen molar-refractivity contribution in [2.24, 2.45) is 5.41 Å². The number of hydrogen-bond acceptors (Lipinski definition) is 5. The van der Waals surface area contributed by atoms with E-state index in [0.29, 0.717) is 26.1 Å². The summed E-state index contributed by atoms with van der Waals surface area (Å²) in [6.07, 6.45) is 0.247. The van der Waals surface area contributed by atoms with Crippen LogP contribution in [0.1, 0.15) is 59.9 Å². The first kappa shape index (κ1) is 21.2. The molecular weight excluding hydrogens is 357 g/mol. The van der Waals surface area contributed by atoms with Gasteiger partial charge in [-0.3, -0.25) is 0 Å². The quantitative estimate of drug-likeness (QED) is 0.778. The van der Waals surface area contributed by atoms with Crippen molar-refractivity contribution in [2.75, 3.05) is 13.2 Å². The van der Waals surface area contributed by atoms with Crippen LogP contribution in [0, 0.1) is 5.41 Å². The van der Waals surface area contributed by atoms with Gasteiger partial charge in [0.15, 0.2) is 0 Å². The molecule has 0 atom stereocenters. The molecule has 2 aliphatic rings. The van der Waals surface area contributed by atoms with Gasteiger partial charge >= 0.3 is 13.2 Å². The minimum absolute atomic E-state index is 0.0201. The number of rotatable bonds is 3. The minimum Gasteiger partial charge on any atom is -0.438 e. The Hall–Kier alpha value is -1.57. The van der Waals surface area contributed by atoms with E-state index in [-0.39, 0.29) is 12.5 Å². The van der Waals surface area contributed by atoms with Crippen molar-refractivity contribution >= 4 is 18.7 Å². The Labute approximate surface area is 168 Å². The summed E-state index contributed by atoms with van der Waals surface area (Å²) in [6.45, 7) is 13.0. The van der Waals surface area contributed by atoms with Gasteiger partial charge in [-0.05, 0) is 38.7 Å². The molecule has 0 aromatic heterocycles. The molecule has 0 radical (unpaired) electrons. The molecule has 154 valence electrons. The van der Waals surface area contributed by atoms with E-state index in [1.807, 2.05) is 45.0 Å². The number of carbonyl (C=O) groups excluding carboxylic acids is 1. The Morgan fingerprint density at radius 3 is 2.11 bits per heavy atom. The second kappa shape index (κ2) is 7.04. The van der Waals surface area contributed by atoms with Crippen LogP contribution in [0.5, 0.6) is 0 Å². The Kier molecular flexibility index (Phi) is 5.32. The van der Waals surface area contributed by atoms with E-state index in [4.69, 9.17) is 14.0 Å². The maximum atomic E-state index is 12.4. The average molecular weight is 389 g/mol. The molecule has 1 aliphatic carbocycles. The lowest BCUT2D eigenvalue weighted by Gasteiger charge is -2.51. The summed E-state index contributed by atoms with van der Waals surface area (Å²) in [5.74, 6) is 0. The average Bonchev–Trinajstić information content (AvgIpc) is 2.51. The van der Waals surface area contributed by atoms with Crippen LogP contribution in [-0.2, 0) is 19.6 Å². The Balaban J connectivity index is 1.74. The highest BCUT2D eigenvalue weighted by Crippen LogP contribution is 2.51. The molecule has 1 saturated carbocycles. The van der Waals surface area contributed by atoms with Gasteiger partial charge < -0.3 is 24.5 Å². The van der Waals surface area contributed by atoms with Crippen LogP contribution in [0.25, 0.3) is 0 Å². The van der Waals surface area contributed by atoms with Gasteiger partial charge in [-0.25, -0.2) is 4.79 Å². The number of ether oxygens (including phenoxy) is 1. The van der Waals surface area contributed by atoms with Gasteiger partial charge in [0.25, 0.3) is 0 Å². The first-order chi connectivity index (χ1) is 12.8. The van der Waals surface area contributed by atoms with E-state index in [0.717, 1.165) is 11.0 Å². The summed E-state index contributed by atoms with van der Waals surface area (Å²) < 4.78 is 17.5. The largest absolute Gasteiger partial charge is 0.493 e. The van der Waals surface area contributed by atoms with Crippen molar-refractivity contribution in [1.29, 1.82) is 0 Å². The normalized spacial score (nSPS) is 29.8. The zero-order valence-corrected chi connectivity index (χ0v) is 17.8. The molecule has 1 heterocycles. The third-order valence-corrected chi connectivity index (χ3v) is 5.06. The maximum absolute atomic E-state index is 12.4. The van der Waals surface area contributed by atoms with Gasteiger partial charge in [-0.1, -0.05) is 38.1 Å². The summed E-state index contributed by atoms with van der Waals surface area (Å²) in [7, 11) is -0.382. The summed E-state index contributed by atoms with van der Waals surface area (Å²) in [5.41, 5.74) is -0.248. The molecule has 2 N–H and O–H groups in total. The zero-order chi connectivity index (χ0) is 20.8. The van der Waals surface area contributed by atoms with Crippen LogP contribution < -0.4 is 10.8 Å². The zero-order valence-electron chi connectivity index (χ0n) is 17.8. The van der Waals surface area contributed by atoms with Gasteiger partial charge in [0.05, 0.1) is 5.60 Å². The summed E-state index contributed by atoms with van der Waals surface area (Å²) in [5, 5.41) is 13.1. The molecule has 1 aliphatic heterocycles. The van der Waals surface area contributed by atoms with Gasteiger partial charge in [0.2, 0.25) is 0 Å². The molecule has 7 heteroatoms. The lowest BCUT2D eigenvalue weighted by molar-refractivity contribution is -0.176. The Bertz CT molecular complexity index is 705. The minimum atomic E-state index is -0.845. The van der Waals surface area contributed by atoms with E-state index in [2.05, 4.69) is 19.2 Å². The van der Waals surface area contributed by atoms with E-state index in [9.17, 15) is 9.90 Å². The molecule has 1 aromatic carbocycles. The van der Waals surface area contributed by atoms with Crippen LogP contribution >= 0.6 is 0 Å². The number of nitrogens with one attached hydrogen (secondary N) is 1. The highest BCUT2D eigenvalue weighted by Gasteiger charge is 2.55. The second-order valence-corrected chi connectivity index (χ2v) is 10.3. The smallest absolute Gasteiger partial charge is 0.438 e. The molecule has 1 saturated heterocycles. The predicted molar refractivity (Wildman–Crippen MR) is 108 cm³/mol. The second-order valence-electron chi connectivity index (χ2n) is 10.3. The lowest BCUT2D eigenvalue weighted by Crippen LogP contribution is -2.57. The van der Waals surface area contributed by atoms with Gasteiger partial charge in [0.1, 0.15) is 5.60 Å². The standard InChI is InChI=1S/C21H32BNO5/c1-18(2,3)23-17(24)28-21(11-20(6,25)12-21)15-7-9-16(10-8-15)22-26-13-19(4,5)14-27-22/h7-10,25H,11-14H2,1-6H3,(H,23,24). The third-order valence-electron chi connectivity index (χ3n) is 5.06. The van der Waals surface area contributed by atoms with Crippen molar-refractivity contribution in [3.63, 3.8) is 0 Å². The van der Waals surface area contributed by atoms with Crippen LogP contribution in [-0.4, -0.2) is 42.7 Å². The van der Waals surface area contributed by atoms with Gasteiger partial charge in [-0.2, -0.15) is 0 Å². The fourth-order valence-electron chi connectivity index (χ4n) is 3.85. The van der Waals surface area contributed by atoms with Gasteiger partial charge in [-0.15, -0.1) is 0 Å². The summed E-state index contributed by atoms with van der Waals surface area (Å²) in [6, 6.07) is 7.75.